The zero-order chi connectivity index (χ0) is 49.2. The van der Waals surface area contributed by atoms with E-state index in [1.165, 1.54) is 27.6 Å². The summed E-state index contributed by atoms with van der Waals surface area (Å²) in [7, 11) is 0. The Bertz CT molecular complexity index is 4120. The Morgan fingerprint density at radius 3 is 1.93 bits per heavy atom. The van der Waals surface area contributed by atoms with E-state index in [-0.39, 0.29) is 49.5 Å². The fourth-order valence-electron chi connectivity index (χ4n) is 11.1. The van der Waals surface area contributed by atoms with Crippen LogP contribution in [0.2, 0.25) is 0 Å². The number of benzene rings is 9. The molecule has 0 fully saturated rings. The predicted octanol–water partition coefficient (Wildman–Crippen LogP) is 18.3. The molecule has 0 aliphatic carbocycles. The second-order valence-corrected chi connectivity index (χ2v) is 22.2. The van der Waals surface area contributed by atoms with Crippen molar-refractivity contribution < 1.29 is 30.6 Å². The number of nitrogens with zero attached hydrogens (tertiary/aromatic N) is 3. The first-order valence-electron chi connectivity index (χ1n) is 25.1. The van der Waals surface area contributed by atoms with Gasteiger partial charge in [0.05, 0.1) is 33.6 Å². The zero-order valence-corrected chi connectivity index (χ0v) is 44.9. The molecule has 3 heterocycles. The standard InChI is InChI=1S/C66H58N3O2.Pt/c1-37(2)49-33-41(39-19-12-11-13-20-39)34-50(38(3)4)62(49)69-54-26-18-25-47(61(54)68-64(69)51-35-42(65(5,6)7)36-52(63(51)70)66(8,9)10)53-30-28-46-44-23-16-17-24-45(44)57-48(60(46)67-53)29-32-56-59(57)58-43-22-15-14-21-40(43)27-31-55(58)71-56;/h11-28,30-38,70H,1-10H3;/q-1;. The largest absolute Gasteiger partial charge is 0.507 e. The Balaban J connectivity index is 0.00000560. The molecule has 6 heteroatoms. The zero-order valence-electron chi connectivity index (χ0n) is 42.6. The van der Waals surface area contributed by atoms with Crippen molar-refractivity contribution in [3.63, 3.8) is 0 Å². The van der Waals surface area contributed by atoms with Crippen LogP contribution in [-0.4, -0.2) is 19.6 Å². The van der Waals surface area contributed by atoms with Crippen molar-refractivity contribution in [2.75, 3.05) is 0 Å². The SMILES string of the molecule is CC(C)c1cc(-c2ccccc2)cc(C(C)C)c1-n1c(-c2cc(C(C)(C)C)cc(C(C)(C)C)c2O)nc2c(-c3ccc4c5ccccc5c5c([c-]cc6oc7ccc8ccccc8c7c65)c4n3)cccc21.[Pt]. The molecule has 0 bridgehead atoms. The van der Waals surface area contributed by atoms with Gasteiger partial charge in [0, 0.05) is 37.6 Å². The number of phenolic OH excluding ortho intramolecular Hbond substituents is 1. The van der Waals surface area contributed by atoms with Gasteiger partial charge < -0.3 is 9.52 Å². The molecule has 5 nitrogen and oxygen atoms in total. The quantitative estimate of drug-likeness (QED) is 0.133. The molecule has 0 saturated heterocycles. The molecule has 0 unspecified atom stereocenters. The third kappa shape index (κ3) is 7.45. The Hall–Kier alpha value is -7.07. The number of hydrogen-bond donors (Lipinski definition) is 1. The molecule has 0 radical (unpaired) electrons. The van der Waals surface area contributed by atoms with Crippen molar-refractivity contribution >= 4 is 76.2 Å². The molecule has 0 atom stereocenters. The minimum atomic E-state index is -0.341. The number of fused-ring (bicyclic) bond motifs is 13. The summed E-state index contributed by atoms with van der Waals surface area (Å²) in [6.07, 6.45) is 0. The molecule has 12 rings (SSSR count). The fraction of sp³-hybridized carbons (Fsp3) is 0.212. The van der Waals surface area contributed by atoms with Gasteiger partial charge in [-0.2, -0.15) is 0 Å². The third-order valence-electron chi connectivity index (χ3n) is 14.8. The summed E-state index contributed by atoms with van der Waals surface area (Å²) in [5.41, 5.74) is 14.1. The second-order valence-electron chi connectivity index (χ2n) is 22.2. The van der Waals surface area contributed by atoms with Gasteiger partial charge in [-0.15, -0.1) is 17.5 Å². The molecule has 3 aromatic heterocycles. The first-order valence-corrected chi connectivity index (χ1v) is 25.1. The van der Waals surface area contributed by atoms with Crippen molar-refractivity contribution in [2.24, 2.45) is 0 Å². The molecule has 360 valence electrons. The number of aromatic hydroxyl groups is 1. The van der Waals surface area contributed by atoms with Crippen LogP contribution in [0, 0.1) is 6.07 Å². The summed E-state index contributed by atoms with van der Waals surface area (Å²) < 4.78 is 8.97. The van der Waals surface area contributed by atoms with Gasteiger partial charge in [0.25, 0.3) is 0 Å². The van der Waals surface area contributed by atoms with E-state index in [0.29, 0.717) is 11.4 Å². The van der Waals surface area contributed by atoms with Crippen molar-refractivity contribution in [2.45, 2.75) is 91.9 Å². The summed E-state index contributed by atoms with van der Waals surface area (Å²) in [6, 6.07) is 57.8. The molecule has 0 amide bonds. The van der Waals surface area contributed by atoms with Crippen molar-refractivity contribution in [3.8, 4) is 45.2 Å². The van der Waals surface area contributed by atoms with Crippen LogP contribution in [0.25, 0.3) is 116 Å². The van der Waals surface area contributed by atoms with Gasteiger partial charge in [-0.3, -0.25) is 9.55 Å². The second kappa shape index (κ2) is 17.3. The molecule has 72 heavy (non-hydrogen) atoms. The Labute approximate surface area is 435 Å². The Morgan fingerprint density at radius 1 is 0.556 bits per heavy atom. The summed E-state index contributed by atoms with van der Waals surface area (Å²) in [5.74, 6) is 1.28. The average molecular weight is 1120 g/mol. The molecule has 1 N–H and O–H groups in total. The van der Waals surface area contributed by atoms with Crippen LogP contribution in [-0.2, 0) is 31.9 Å². The minimum Gasteiger partial charge on any atom is -0.507 e. The minimum absolute atomic E-state index is 0. The smallest absolute Gasteiger partial charge is 0.149 e. The van der Waals surface area contributed by atoms with Gasteiger partial charge in [-0.1, -0.05) is 189 Å². The number of hydrogen-bond acceptors (Lipinski definition) is 4. The van der Waals surface area contributed by atoms with Crippen LogP contribution < -0.4 is 0 Å². The molecule has 0 aliphatic heterocycles. The third-order valence-corrected chi connectivity index (χ3v) is 14.8. The van der Waals surface area contributed by atoms with E-state index in [2.05, 4.69) is 225 Å². The molecule has 0 spiro atoms. The van der Waals surface area contributed by atoms with E-state index in [9.17, 15) is 5.11 Å². The molecule has 9 aromatic carbocycles. The van der Waals surface area contributed by atoms with Gasteiger partial charge in [-0.25, -0.2) is 4.98 Å². The van der Waals surface area contributed by atoms with Crippen molar-refractivity contribution in [1.82, 2.24) is 14.5 Å². The van der Waals surface area contributed by atoms with Crippen LogP contribution in [0.1, 0.15) is 103 Å². The number of imidazole rings is 1. The molecule has 12 aromatic rings. The predicted molar refractivity (Wildman–Crippen MR) is 299 cm³/mol. The number of phenols is 1. The van der Waals surface area contributed by atoms with Crippen LogP contribution in [0.15, 0.2) is 156 Å². The first-order chi connectivity index (χ1) is 34.1. The maximum Gasteiger partial charge on any atom is 0.149 e. The van der Waals surface area contributed by atoms with E-state index < -0.39 is 0 Å². The first kappa shape index (κ1) is 47.3. The van der Waals surface area contributed by atoms with Crippen LogP contribution in [0.5, 0.6) is 5.75 Å². The van der Waals surface area contributed by atoms with Crippen molar-refractivity contribution in [1.29, 1.82) is 0 Å². The maximum absolute atomic E-state index is 12.7. The summed E-state index contributed by atoms with van der Waals surface area (Å²) >= 11 is 0. The fourth-order valence-corrected chi connectivity index (χ4v) is 11.1. The van der Waals surface area contributed by atoms with E-state index in [0.717, 1.165) is 98.9 Å². The van der Waals surface area contributed by atoms with Gasteiger partial charge in [0.2, 0.25) is 0 Å². The van der Waals surface area contributed by atoms with E-state index in [1.807, 2.05) is 6.07 Å². The summed E-state index contributed by atoms with van der Waals surface area (Å²) in [4.78, 5) is 11.4. The van der Waals surface area contributed by atoms with Crippen LogP contribution in [0.4, 0.5) is 0 Å². The summed E-state index contributed by atoms with van der Waals surface area (Å²) in [5, 5.41) is 22.6. The summed E-state index contributed by atoms with van der Waals surface area (Å²) in [6.45, 7) is 22.4. The van der Waals surface area contributed by atoms with Gasteiger partial charge >= 0.3 is 0 Å². The average Bonchev–Trinajstić information content (AvgIpc) is 3.94. The number of furan rings is 1. The Kier molecular flexibility index (Phi) is 11.4. The van der Waals surface area contributed by atoms with Crippen LogP contribution in [0.3, 0.4) is 0 Å². The number of rotatable bonds is 6. The van der Waals surface area contributed by atoms with Gasteiger partial charge in [0.1, 0.15) is 17.2 Å². The van der Waals surface area contributed by atoms with E-state index in [4.69, 9.17) is 14.4 Å². The van der Waals surface area contributed by atoms with E-state index in [1.54, 1.807) is 0 Å². The van der Waals surface area contributed by atoms with Gasteiger partial charge in [0.15, 0.2) is 0 Å². The molecule has 0 aliphatic rings. The normalized spacial score (nSPS) is 12.5. The maximum atomic E-state index is 12.7. The topological polar surface area (TPSA) is 64.1 Å². The number of aromatic nitrogens is 3. The van der Waals surface area contributed by atoms with Gasteiger partial charge in [-0.05, 0) is 119 Å². The van der Waals surface area contributed by atoms with Crippen LogP contribution >= 0.6 is 0 Å². The molecule has 0 saturated carbocycles. The number of para-hydroxylation sites is 1. The Morgan fingerprint density at radius 2 is 1.24 bits per heavy atom. The van der Waals surface area contributed by atoms with Crippen molar-refractivity contribution in [3.05, 3.63) is 180 Å². The molecular formula is C66H58N3O2Pt-. The molecular weight excluding hydrogens is 1060 g/mol. The number of pyridine rings is 1. The van der Waals surface area contributed by atoms with E-state index >= 15 is 0 Å². The monoisotopic (exact) mass is 1120 g/mol.